The van der Waals surface area contributed by atoms with E-state index < -0.39 is 0 Å². The number of esters is 1. The Bertz CT molecular complexity index is 659. The zero-order valence-electron chi connectivity index (χ0n) is 38.0. The smallest absolute Gasteiger partial charge is 0.305 e. The monoisotopic (exact) mass is 761 g/mol. The van der Waals surface area contributed by atoms with E-state index in [0.717, 1.165) is 12.8 Å². The van der Waals surface area contributed by atoms with Gasteiger partial charge in [0.2, 0.25) is 0 Å². The van der Waals surface area contributed by atoms with Crippen molar-refractivity contribution in [2.24, 2.45) is 0 Å². The third-order valence-electron chi connectivity index (χ3n) is 12.2. The second-order valence-electron chi connectivity index (χ2n) is 17.9. The number of rotatable bonds is 49. The fraction of sp³-hybridized carbons (Fsp3) is 0.981. The largest absolute Gasteiger partial charge is 0.466 e. The van der Waals surface area contributed by atoms with Crippen molar-refractivity contribution in [3.8, 4) is 0 Å². The summed E-state index contributed by atoms with van der Waals surface area (Å²) >= 11 is 0. The molecule has 0 heterocycles. The van der Waals surface area contributed by atoms with Crippen LogP contribution in [0.1, 0.15) is 322 Å². The normalized spacial score (nSPS) is 11.5. The third-order valence-corrected chi connectivity index (χ3v) is 12.2. The molecule has 324 valence electrons. The van der Waals surface area contributed by atoms with Gasteiger partial charge in [0.1, 0.15) is 0 Å². The summed E-state index contributed by atoms with van der Waals surface area (Å²) < 4.78 is 5.49. The van der Waals surface area contributed by atoms with E-state index in [-0.39, 0.29) is 5.97 Å². The van der Waals surface area contributed by atoms with Gasteiger partial charge in [0.15, 0.2) is 0 Å². The minimum absolute atomic E-state index is 0.0337. The highest BCUT2D eigenvalue weighted by atomic mass is 16.5. The van der Waals surface area contributed by atoms with Crippen LogP contribution in [-0.4, -0.2) is 12.6 Å². The second-order valence-corrected chi connectivity index (χ2v) is 17.9. The minimum Gasteiger partial charge on any atom is -0.466 e. The Morgan fingerprint density at radius 3 is 0.611 bits per heavy atom. The molecule has 0 spiro atoms. The van der Waals surface area contributed by atoms with Crippen LogP contribution in [0.3, 0.4) is 0 Å². The van der Waals surface area contributed by atoms with Gasteiger partial charge >= 0.3 is 5.97 Å². The molecule has 0 amide bonds. The lowest BCUT2D eigenvalue weighted by atomic mass is 10.0. The molecule has 0 bridgehead atoms. The minimum atomic E-state index is 0.0337. The Hall–Kier alpha value is -0.530. The molecule has 0 aromatic rings. The molecule has 0 rings (SSSR count). The highest BCUT2D eigenvalue weighted by Gasteiger charge is 2.03. The average molecular weight is 761 g/mol. The van der Waals surface area contributed by atoms with Gasteiger partial charge in [-0.2, -0.15) is 0 Å². The molecular weight excluding hydrogens is 657 g/mol. The SMILES string of the molecule is CCCCCCCCCCCCCCCCCCCCCCCCCCCCCCCCOC(=O)CCCCCCCCCCCCCCCCCCC. The summed E-state index contributed by atoms with van der Waals surface area (Å²) in [7, 11) is 0. The zero-order valence-corrected chi connectivity index (χ0v) is 38.0. The number of ether oxygens (including phenoxy) is 1. The van der Waals surface area contributed by atoms with E-state index in [9.17, 15) is 4.79 Å². The van der Waals surface area contributed by atoms with Crippen LogP contribution in [0.15, 0.2) is 0 Å². The van der Waals surface area contributed by atoms with E-state index in [0.29, 0.717) is 13.0 Å². The van der Waals surface area contributed by atoms with Crippen molar-refractivity contribution in [2.75, 3.05) is 6.61 Å². The molecule has 0 aliphatic carbocycles. The highest BCUT2D eigenvalue weighted by molar-refractivity contribution is 5.69. The van der Waals surface area contributed by atoms with E-state index in [1.807, 2.05) is 0 Å². The van der Waals surface area contributed by atoms with E-state index in [4.69, 9.17) is 4.74 Å². The number of carbonyl (C=O) groups excluding carboxylic acids is 1. The topological polar surface area (TPSA) is 26.3 Å². The van der Waals surface area contributed by atoms with E-state index in [1.54, 1.807) is 0 Å². The Morgan fingerprint density at radius 2 is 0.407 bits per heavy atom. The van der Waals surface area contributed by atoms with Crippen LogP contribution in [0.5, 0.6) is 0 Å². The molecule has 0 aliphatic heterocycles. The van der Waals surface area contributed by atoms with E-state index in [1.165, 1.54) is 289 Å². The van der Waals surface area contributed by atoms with Crippen LogP contribution in [0.4, 0.5) is 0 Å². The molecular formula is C52H104O2. The molecule has 0 aromatic heterocycles. The molecule has 0 N–H and O–H groups in total. The van der Waals surface area contributed by atoms with Crippen molar-refractivity contribution in [3.05, 3.63) is 0 Å². The first kappa shape index (κ1) is 53.5. The number of hydrogen-bond donors (Lipinski definition) is 0. The van der Waals surface area contributed by atoms with Gasteiger partial charge < -0.3 is 4.74 Å². The quantitative estimate of drug-likeness (QED) is 0.0456. The van der Waals surface area contributed by atoms with Crippen LogP contribution in [-0.2, 0) is 9.53 Å². The average Bonchev–Trinajstić information content (AvgIpc) is 3.18. The van der Waals surface area contributed by atoms with Gasteiger partial charge in [0, 0.05) is 6.42 Å². The molecule has 0 aliphatic rings. The van der Waals surface area contributed by atoms with Gasteiger partial charge in [-0.25, -0.2) is 0 Å². The summed E-state index contributed by atoms with van der Waals surface area (Å²) in [6.45, 7) is 5.24. The lowest BCUT2D eigenvalue weighted by Crippen LogP contribution is -2.05. The molecule has 0 saturated carbocycles. The van der Waals surface area contributed by atoms with Crippen LogP contribution >= 0.6 is 0 Å². The van der Waals surface area contributed by atoms with Crippen molar-refractivity contribution in [3.63, 3.8) is 0 Å². The van der Waals surface area contributed by atoms with Crippen LogP contribution in [0, 0.1) is 0 Å². The van der Waals surface area contributed by atoms with Gasteiger partial charge in [-0.15, -0.1) is 0 Å². The Kier molecular flexibility index (Phi) is 50.0. The van der Waals surface area contributed by atoms with E-state index in [2.05, 4.69) is 13.8 Å². The molecule has 0 radical (unpaired) electrons. The maximum absolute atomic E-state index is 12.0. The number of carbonyl (C=O) groups is 1. The maximum atomic E-state index is 12.0. The van der Waals surface area contributed by atoms with E-state index >= 15 is 0 Å². The fourth-order valence-corrected chi connectivity index (χ4v) is 8.38. The first-order chi connectivity index (χ1) is 26.8. The van der Waals surface area contributed by atoms with Crippen LogP contribution in [0.2, 0.25) is 0 Å². The molecule has 0 fully saturated rings. The van der Waals surface area contributed by atoms with Gasteiger partial charge in [0.25, 0.3) is 0 Å². The summed E-state index contributed by atoms with van der Waals surface area (Å²) in [6, 6.07) is 0. The maximum Gasteiger partial charge on any atom is 0.305 e. The summed E-state index contributed by atoms with van der Waals surface area (Å²) in [5.74, 6) is 0.0337. The predicted molar refractivity (Wildman–Crippen MR) is 244 cm³/mol. The van der Waals surface area contributed by atoms with Crippen molar-refractivity contribution < 1.29 is 9.53 Å². The third kappa shape index (κ3) is 49.5. The fourth-order valence-electron chi connectivity index (χ4n) is 8.38. The Morgan fingerprint density at radius 1 is 0.241 bits per heavy atom. The van der Waals surface area contributed by atoms with Crippen molar-refractivity contribution in [2.45, 2.75) is 322 Å². The molecule has 2 nitrogen and oxygen atoms in total. The molecule has 2 heteroatoms. The van der Waals surface area contributed by atoms with Gasteiger partial charge in [-0.05, 0) is 12.8 Å². The van der Waals surface area contributed by atoms with Gasteiger partial charge in [-0.3, -0.25) is 4.79 Å². The predicted octanol–water partition coefficient (Wildman–Crippen LogP) is 19.3. The zero-order chi connectivity index (χ0) is 38.9. The molecule has 54 heavy (non-hydrogen) atoms. The first-order valence-electron chi connectivity index (χ1n) is 26.0. The van der Waals surface area contributed by atoms with Crippen LogP contribution < -0.4 is 0 Å². The molecule has 0 saturated heterocycles. The molecule has 0 aromatic carbocycles. The molecule has 0 atom stereocenters. The number of hydrogen-bond acceptors (Lipinski definition) is 2. The van der Waals surface area contributed by atoms with Crippen molar-refractivity contribution in [1.29, 1.82) is 0 Å². The van der Waals surface area contributed by atoms with Gasteiger partial charge in [0.05, 0.1) is 6.61 Å². The number of unbranched alkanes of at least 4 members (excludes halogenated alkanes) is 45. The highest BCUT2D eigenvalue weighted by Crippen LogP contribution is 2.18. The lowest BCUT2D eigenvalue weighted by molar-refractivity contribution is -0.143. The van der Waals surface area contributed by atoms with Crippen molar-refractivity contribution >= 4 is 5.97 Å². The Balaban J connectivity index is 3.13. The second kappa shape index (κ2) is 50.5. The van der Waals surface area contributed by atoms with Gasteiger partial charge in [-0.1, -0.05) is 303 Å². The molecule has 0 unspecified atom stereocenters. The Labute approximate surface area is 343 Å². The summed E-state index contributed by atoms with van der Waals surface area (Å²) in [5.41, 5.74) is 0. The summed E-state index contributed by atoms with van der Waals surface area (Å²) in [4.78, 5) is 12.0. The standard InChI is InChI=1S/C52H104O2/c1-3-5-7-9-11-13-15-17-19-21-22-23-24-25-26-27-28-29-30-31-32-33-35-37-39-41-43-45-47-49-51-54-52(53)50-48-46-44-42-40-38-36-34-20-18-16-14-12-10-8-6-4-2/h3-51H2,1-2H3. The summed E-state index contributed by atoms with van der Waals surface area (Å²) in [6.07, 6.45) is 66.9. The lowest BCUT2D eigenvalue weighted by Gasteiger charge is -2.06. The first-order valence-corrected chi connectivity index (χ1v) is 26.0. The van der Waals surface area contributed by atoms with Crippen LogP contribution in [0.25, 0.3) is 0 Å². The van der Waals surface area contributed by atoms with Crippen molar-refractivity contribution in [1.82, 2.24) is 0 Å². The summed E-state index contributed by atoms with van der Waals surface area (Å²) in [5, 5.41) is 0.